The van der Waals surface area contributed by atoms with Gasteiger partial charge in [-0.25, -0.2) is 0 Å². The van der Waals surface area contributed by atoms with Gasteiger partial charge in [-0.05, 0) is 30.5 Å². The smallest absolute Gasteiger partial charge is 0.290 e. The number of furan rings is 1. The highest BCUT2D eigenvalue weighted by molar-refractivity contribution is 5.98. The van der Waals surface area contributed by atoms with Crippen molar-refractivity contribution in [2.75, 3.05) is 13.1 Å². The molecule has 5 heteroatoms. The number of rotatable bonds is 3. The third-order valence-electron chi connectivity index (χ3n) is 4.53. The summed E-state index contributed by atoms with van der Waals surface area (Å²) < 4.78 is 7.49. The summed E-state index contributed by atoms with van der Waals surface area (Å²) in [6.07, 6.45) is 7.33. The molecule has 1 fully saturated rings. The van der Waals surface area contributed by atoms with Crippen LogP contribution < -0.4 is 0 Å². The van der Waals surface area contributed by atoms with Gasteiger partial charge in [0.05, 0.1) is 12.3 Å². The van der Waals surface area contributed by atoms with Crippen molar-refractivity contribution in [1.29, 1.82) is 0 Å². The molecule has 0 aliphatic carbocycles. The molecule has 1 saturated heterocycles. The molecule has 1 aromatic carbocycles. The van der Waals surface area contributed by atoms with Crippen LogP contribution in [0.15, 0.2) is 65.5 Å². The molecule has 122 valence electrons. The highest BCUT2D eigenvalue weighted by Gasteiger charge is 2.28. The van der Waals surface area contributed by atoms with E-state index in [-0.39, 0.29) is 11.9 Å². The fourth-order valence-electron chi connectivity index (χ4n) is 3.32. The average molecular weight is 321 g/mol. The normalized spacial score (nSPS) is 17.8. The Bertz CT molecular complexity index is 808. The molecule has 0 N–H and O–H groups in total. The van der Waals surface area contributed by atoms with E-state index < -0.39 is 0 Å². The summed E-state index contributed by atoms with van der Waals surface area (Å²) in [5.41, 5.74) is 1.84. The second-order valence-corrected chi connectivity index (χ2v) is 6.06. The average Bonchev–Trinajstić information content (AvgIpc) is 3.34. The summed E-state index contributed by atoms with van der Waals surface area (Å²) in [4.78, 5) is 14.8. The summed E-state index contributed by atoms with van der Waals surface area (Å²) in [5, 5.41) is 4.32. The quantitative estimate of drug-likeness (QED) is 0.740. The molecule has 0 bridgehead atoms. The Morgan fingerprint density at radius 1 is 1.17 bits per heavy atom. The molecule has 1 aliphatic rings. The second-order valence-electron chi connectivity index (χ2n) is 6.06. The molecule has 24 heavy (non-hydrogen) atoms. The number of aromatic nitrogens is 2. The van der Waals surface area contributed by atoms with Crippen LogP contribution in [0.3, 0.4) is 0 Å². The van der Waals surface area contributed by atoms with Gasteiger partial charge in [0.25, 0.3) is 5.91 Å². The van der Waals surface area contributed by atoms with Crippen molar-refractivity contribution in [1.82, 2.24) is 14.7 Å². The number of hydrogen-bond donors (Lipinski definition) is 0. The van der Waals surface area contributed by atoms with Gasteiger partial charge in [-0.1, -0.05) is 30.3 Å². The van der Waals surface area contributed by atoms with Crippen LogP contribution in [0.1, 0.15) is 29.4 Å². The number of benzene rings is 1. The largest absolute Gasteiger partial charge is 0.459 e. The molecule has 0 saturated carbocycles. The van der Waals surface area contributed by atoms with E-state index in [1.807, 2.05) is 58.2 Å². The molecule has 5 nitrogen and oxygen atoms in total. The summed E-state index contributed by atoms with van der Waals surface area (Å²) >= 11 is 0. The maximum absolute atomic E-state index is 13.0. The van der Waals surface area contributed by atoms with Gasteiger partial charge in [0, 0.05) is 31.0 Å². The van der Waals surface area contributed by atoms with Crippen LogP contribution in [0.2, 0.25) is 0 Å². The highest BCUT2D eigenvalue weighted by Crippen LogP contribution is 2.28. The maximum Gasteiger partial charge on any atom is 0.290 e. The van der Waals surface area contributed by atoms with Gasteiger partial charge in [0.1, 0.15) is 0 Å². The SMILES string of the molecule is O=C(c1occc1-c1ccccc1)N1CCC[C@H](n2cccn2)C1. The van der Waals surface area contributed by atoms with Gasteiger partial charge in [-0.2, -0.15) is 5.10 Å². The van der Waals surface area contributed by atoms with E-state index >= 15 is 0 Å². The molecular formula is C19H19N3O2. The van der Waals surface area contributed by atoms with Crippen LogP contribution in [0.4, 0.5) is 0 Å². The highest BCUT2D eigenvalue weighted by atomic mass is 16.3. The molecular weight excluding hydrogens is 302 g/mol. The predicted octanol–water partition coefficient (Wildman–Crippen LogP) is 3.62. The van der Waals surface area contributed by atoms with Gasteiger partial charge < -0.3 is 9.32 Å². The zero-order chi connectivity index (χ0) is 16.4. The predicted molar refractivity (Wildman–Crippen MR) is 90.5 cm³/mol. The number of likely N-dealkylation sites (tertiary alicyclic amines) is 1. The van der Waals surface area contributed by atoms with E-state index in [2.05, 4.69) is 5.10 Å². The Balaban J connectivity index is 1.57. The molecule has 4 rings (SSSR count). The van der Waals surface area contributed by atoms with Gasteiger partial charge in [0.15, 0.2) is 5.76 Å². The Labute approximate surface area is 140 Å². The van der Waals surface area contributed by atoms with Crippen molar-refractivity contribution in [3.63, 3.8) is 0 Å². The molecule has 3 aromatic rings. The Kier molecular flexibility index (Phi) is 3.91. The van der Waals surface area contributed by atoms with E-state index in [9.17, 15) is 4.79 Å². The third kappa shape index (κ3) is 2.73. The zero-order valence-corrected chi connectivity index (χ0v) is 13.3. The number of nitrogens with zero attached hydrogens (tertiary/aromatic N) is 3. The lowest BCUT2D eigenvalue weighted by Gasteiger charge is -2.32. The minimum Gasteiger partial charge on any atom is -0.459 e. The van der Waals surface area contributed by atoms with Crippen LogP contribution in [0.25, 0.3) is 11.1 Å². The topological polar surface area (TPSA) is 51.3 Å². The monoisotopic (exact) mass is 321 g/mol. The van der Waals surface area contributed by atoms with Gasteiger partial charge in [0.2, 0.25) is 0 Å². The molecule has 1 amide bonds. The maximum atomic E-state index is 13.0. The van der Waals surface area contributed by atoms with Crippen molar-refractivity contribution in [3.05, 3.63) is 66.9 Å². The lowest BCUT2D eigenvalue weighted by molar-refractivity contribution is 0.0642. The van der Waals surface area contributed by atoms with Crippen LogP contribution in [-0.2, 0) is 0 Å². The van der Waals surface area contributed by atoms with Crippen LogP contribution in [-0.4, -0.2) is 33.7 Å². The molecule has 1 atom stereocenters. The Hall–Kier alpha value is -2.82. The Morgan fingerprint density at radius 2 is 2.04 bits per heavy atom. The summed E-state index contributed by atoms with van der Waals surface area (Å²) in [5.74, 6) is 0.373. The van der Waals surface area contributed by atoms with Crippen molar-refractivity contribution in [2.45, 2.75) is 18.9 Å². The fourth-order valence-corrected chi connectivity index (χ4v) is 3.32. The molecule has 0 radical (unpaired) electrons. The van der Waals surface area contributed by atoms with Crippen molar-refractivity contribution in [2.24, 2.45) is 0 Å². The minimum atomic E-state index is -0.0456. The first-order chi connectivity index (χ1) is 11.8. The number of carbonyl (C=O) groups is 1. The van der Waals surface area contributed by atoms with E-state index in [0.29, 0.717) is 12.3 Å². The number of carbonyl (C=O) groups excluding carboxylic acids is 1. The van der Waals surface area contributed by atoms with E-state index in [0.717, 1.165) is 30.5 Å². The minimum absolute atomic E-state index is 0.0456. The van der Waals surface area contributed by atoms with Crippen molar-refractivity contribution >= 4 is 5.91 Å². The second kappa shape index (κ2) is 6.35. The molecule has 0 spiro atoms. The number of amides is 1. The van der Waals surface area contributed by atoms with Crippen LogP contribution in [0.5, 0.6) is 0 Å². The number of piperidine rings is 1. The van der Waals surface area contributed by atoms with E-state index in [1.54, 1.807) is 12.5 Å². The van der Waals surface area contributed by atoms with E-state index in [4.69, 9.17) is 4.42 Å². The van der Waals surface area contributed by atoms with Crippen molar-refractivity contribution in [3.8, 4) is 11.1 Å². The third-order valence-corrected chi connectivity index (χ3v) is 4.53. The van der Waals surface area contributed by atoms with Crippen LogP contribution >= 0.6 is 0 Å². The molecule has 1 aliphatic heterocycles. The first kappa shape index (κ1) is 14.8. The van der Waals surface area contributed by atoms with Gasteiger partial charge in [-0.3, -0.25) is 9.48 Å². The first-order valence-electron chi connectivity index (χ1n) is 8.24. The summed E-state index contributed by atoms with van der Waals surface area (Å²) in [7, 11) is 0. The Morgan fingerprint density at radius 3 is 2.83 bits per heavy atom. The molecule has 0 unspecified atom stereocenters. The van der Waals surface area contributed by atoms with Gasteiger partial charge in [-0.15, -0.1) is 0 Å². The summed E-state index contributed by atoms with van der Waals surface area (Å²) in [6.45, 7) is 1.42. The number of hydrogen-bond acceptors (Lipinski definition) is 3. The van der Waals surface area contributed by atoms with E-state index in [1.165, 1.54) is 0 Å². The van der Waals surface area contributed by atoms with Gasteiger partial charge >= 0.3 is 0 Å². The van der Waals surface area contributed by atoms with Crippen LogP contribution in [0, 0.1) is 0 Å². The first-order valence-corrected chi connectivity index (χ1v) is 8.24. The lowest BCUT2D eigenvalue weighted by atomic mass is 10.0. The fraction of sp³-hybridized carbons (Fsp3) is 0.263. The van der Waals surface area contributed by atoms with Crippen molar-refractivity contribution < 1.29 is 9.21 Å². The standard InChI is InChI=1S/C19H19N3O2/c23-19(18-17(9-13-24-18)15-6-2-1-3-7-15)21-11-4-8-16(14-21)22-12-5-10-20-22/h1-3,5-7,9-10,12-13,16H,4,8,11,14H2/t16-/m0/s1. The molecule has 3 heterocycles. The molecule has 2 aromatic heterocycles. The summed E-state index contributed by atoms with van der Waals surface area (Å²) in [6, 6.07) is 13.9. The zero-order valence-electron chi connectivity index (χ0n) is 13.3. The lowest BCUT2D eigenvalue weighted by Crippen LogP contribution is -2.40.